The number of benzene rings is 17. The lowest BCUT2D eigenvalue weighted by Crippen LogP contribution is -2.65. The summed E-state index contributed by atoms with van der Waals surface area (Å²) in [5.41, 5.74) is 45.8. The quantitative estimate of drug-likeness (QED) is 0.0900. The van der Waals surface area contributed by atoms with E-state index in [0.717, 1.165) is 59.8 Å². The number of fused-ring (bicyclic) bond motifs is 16. The van der Waals surface area contributed by atoms with Gasteiger partial charge < -0.3 is 28.7 Å². The highest BCUT2D eigenvalue weighted by Gasteiger charge is 2.53. The van der Waals surface area contributed by atoms with E-state index in [4.69, 9.17) is 0 Å². The molecule has 1 saturated carbocycles. The molecule has 0 radical (unpaired) electrons. The zero-order valence-electron chi connectivity index (χ0n) is 90.0. The molecule has 17 aromatic carbocycles. The molecule has 24 rings (SSSR count). The van der Waals surface area contributed by atoms with Crippen molar-refractivity contribution in [3.8, 4) is 22.5 Å². The molecular weight excluding hydrogens is 1780 g/mol. The Bertz CT molecular complexity index is 8330. The first kappa shape index (κ1) is 94.9. The molecule has 6 nitrogen and oxygen atoms in total. The summed E-state index contributed by atoms with van der Waals surface area (Å²) < 4.78 is 5.08. The molecule has 4 aliphatic heterocycles. The number of hydrogen-bond acceptors (Lipinski definition) is 4. The summed E-state index contributed by atoms with van der Waals surface area (Å²) in [4.78, 5) is 10.4. The van der Waals surface area contributed by atoms with Crippen molar-refractivity contribution in [2.45, 2.75) is 239 Å². The third-order valence-electron chi connectivity index (χ3n) is 34.6. The Morgan fingerprint density at radius 1 is 0.259 bits per heavy atom. The van der Waals surface area contributed by atoms with Gasteiger partial charge in [0.1, 0.15) is 0 Å². The average molecular weight is 1910 g/mol. The predicted octanol–water partition coefficient (Wildman–Crippen LogP) is 33.8. The SMILES string of the molecule is CC(C)(C)c1ccc(N(c2ccc(C(C)(C)C)cc2)c2ccc3c(c2)C2(CCCCC2)c2cc(C(C)(C)C)cc4c2B3c2cc3c5cc(C(C)(C)CCC(C)(C)c6ccc(N7c8cc9c(cc8B8c%10ccc(N(c%11ccc(C(C)(C)C)cc%11)c%11ccccc%11-c%11ccccc%11)cc%10C(C)(C)c%10cccc7c%108)c7ccccc7n9-c7ccccc7)cc6)ccc5n(-c5ccccc5)c3cc2N4c2ccc(C(C)(C)C)cc2)cc1. The van der Waals surface area contributed by atoms with Crippen LogP contribution in [0.5, 0.6) is 0 Å². The van der Waals surface area contributed by atoms with Crippen LogP contribution in [0.15, 0.2) is 370 Å². The van der Waals surface area contributed by atoms with Gasteiger partial charge in [0, 0.05) is 112 Å². The Hall–Kier alpha value is -14.3. The minimum atomic E-state index is -0.407. The van der Waals surface area contributed by atoms with E-state index in [-0.39, 0.29) is 56.7 Å². The summed E-state index contributed by atoms with van der Waals surface area (Å²) in [7, 11) is 0. The first-order valence-corrected chi connectivity index (χ1v) is 54.1. The summed E-state index contributed by atoms with van der Waals surface area (Å²) in [5, 5.41) is 5.05. The third kappa shape index (κ3) is 15.9. The Labute approximate surface area is 873 Å². The van der Waals surface area contributed by atoms with E-state index in [1.54, 1.807) is 0 Å². The lowest BCUT2D eigenvalue weighted by Gasteiger charge is -2.50. The largest absolute Gasteiger partial charge is 0.311 e. The van der Waals surface area contributed by atoms with Crippen molar-refractivity contribution >= 4 is 158 Å². The average Bonchev–Trinajstić information content (AvgIpc) is 1.64. The molecule has 19 aromatic rings. The lowest BCUT2D eigenvalue weighted by molar-refractivity contribution is 0.347. The molecular formula is C139H138B2N6. The van der Waals surface area contributed by atoms with E-state index in [0.29, 0.717) is 0 Å². The second kappa shape index (κ2) is 34.7. The highest BCUT2D eigenvalue weighted by molar-refractivity contribution is 7.00. The molecule has 1 aliphatic carbocycles. The Balaban J connectivity index is 0.624. The normalized spacial score (nSPS) is 14.8. The van der Waals surface area contributed by atoms with Gasteiger partial charge in [-0.25, -0.2) is 0 Å². The van der Waals surface area contributed by atoms with Gasteiger partial charge in [-0.15, -0.1) is 0 Å². The minimum absolute atomic E-state index is 0.00432. The molecule has 730 valence electrons. The maximum Gasteiger partial charge on any atom is 0.247 e. The molecule has 0 unspecified atom stereocenters. The van der Waals surface area contributed by atoms with Crippen molar-refractivity contribution in [1.82, 2.24) is 9.13 Å². The summed E-state index contributed by atoms with van der Waals surface area (Å²) in [6.45, 7) is 50.0. The van der Waals surface area contributed by atoms with Gasteiger partial charge in [-0.05, 0) is 310 Å². The molecule has 1 fully saturated rings. The van der Waals surface area contributed by atoms with Gasteiger partial charge >= 0.3 is 0 Å². The minimum Gasteiger partial charge on any atom is -0.311 e. The van der Waals surface area contributed by atoms with Crippen LogP contribution >= 0.6 is 0 Å². The Kier molecular flexibility index (Phi) is 22.4. The zero-order chi connectivity index (χ0) is 102. The Morgan fingerprint density at radius 2 is 0.667 bits per heavy atom. The van der Waals surface area contributed by atoms with E-state index in [9.17, 15) is 0 Å². The van der Waals surface area contributed by atoms with E-state index in [2.05, 4.69) is 544 Å². The summed E-state index contributed by atoms with van der Waals surface area (Å²) in [6.07, 6.45) is 7.70. The predicted molar refractivity (Wildman–Crippen MR) is 633 cm³/mol. The van der Waals surface area contributed by atoms with E-state index in [1.165, 1.54) is 213 Å². The summed E-state index contributed by atoms with van der Waals surface area (Å²) >= 11 is 0. The molecule has 147 heavy (non-hydrogen) atoms. The molecule has 1 spiro atoms. The zero-order valence-corrected chi connectivity index (χ0v) is 90.0. The molecule has 0 atom stereocenters. The van der Waals surface area contributed by atoms with Crippen LogP contribution < -0.4 is 52.4 Å². The van der Waals surface area contributed by atoms with Crippen LogP contribution in [0.1, 0.15) is 252 Å². The molecule has 0 N–H and O–H groups in total. The Morgan fingerprint density at radius 3 is 1.20 bits per heavy atom. The van der Waals surface area contributed by atoms with E-state index in [1.807, 2.05) is 0 Å². The number of nitrogens with zero attached hydrogens (tertiary/aromatic N) is 6. The highest BCUT2D eigenvalue weighted by Crippen LogP contribution is 2.56. The first-order chi connectivity index (χ1) is 70.3. The monoisotopic (exact) mass is 1910 g/mol. The number of para-hydroxylation sites is 4. The van der Waals surface area contributed by atoms with Crippen molar-refractivity contribution in [3.05, 3.63) is 431 Å². The molecule has 5 aliphatic rings. The maximum atomic E-state index is 2.72. The van der Waals surface area contributed by atoms with Crippen molar-refractivity contribution in [2.24, 2.45) is 0 Å². The van der Waals surface area contributed by atoms with Gasteiger partial charge in [-0.3, -0.25) is 0 Å². The summed E-state index contributed by atoms with van der Waals surface area (Å²) in [5.74, 6) is 0. The maximum absolute atomic E-state index is 2.72. The number of rotatable bonds is 16. The van der Waals surface area contributed by atoms with Gasteiger partial charge in [0.2, 0.25) is 13.4 Å². The fraction of sp³-hybridized carbons (Fsp3) is 0.266. The molecule has 6 heterocycles. The van der Waals surface area contributed by atoms with E-state index < -0.39 is 5.41 Å². The highest BCUT2D eigenvalue weighted by atomic mass is 15.2. The fourth-order valence-electron chi connectivity index (χ4n) is 26.0. The van der Waals surface area contributed by atoms with Gasteiger partial charge in [0.05, 0.1) is 27.8 Å². The third-order valence-corrected chi connectivity index (χ3v) is 34.6. The standard InChI is InChI=1S/C139H138B2N6/c1-131(2,3)91-51-62-100(63-52-91)142(101-64-53-92(54-65-101)132(4,5)6)105-72-75-117-114(85-105)139(77-36-25-37-78-139)115-82-97(135(13,14)15)83-128-130(115)141(117)119-87-111-109-81-96(61-76-122(109)145(99-43-30-24-31-44-99)125(111)89-127(119)147(128)104-68-57-94(58-69-104)134(10,11)12)137(18,19)80-79-136(16,17)95-59-70-103(71-60-95)146-123-50-38-47-112-129(123)140(118-86-110-108-46-33-35-49-121(108)144(124(110)88-126(118)146)98-41-28-23-29-42-98)116-74-73-106(84-113(116)138(112,20)21)143(102-66-55-93(56-67-102)133(7,8)9)120-48-34-32-45-107(120)90-39-26-22-27-40-90/h22-24,26-35,38-76,81-89H,25,36-37,77-80H2,1-21H3. The van der Waals surface area contributed by atoms with Crippen molar-refractivity contribution in [3.63, 3.8) is 0 Å². The fourth-order valence-corrected chi connectivity index (χ4v) is 26.0. The number of hydrogen-bond donors (Lipinski definition) is 0. The van der Waals surface area contributed by atoms with E-state index >= 15 is 0 Å². The van der Waals surface area contributed by atoms with Gasteiger partial charge in [-0.1, -0.05) is 388 Å². The molecule has 8 heteroatoms. The summed E-state index contributed by atoms with van der Waals surface area (Å²) in [6, 6.07) is 145. The topological polar surface area (TPSA) is 22.8 Å². The van der Waals surface area contributed by atoms with Gasteiger partial charge in [0.25, 0.3) is 0 Å². The number of aromatic nitrogens is 2. The molecule has 2 aromatic heterocycles. The molecule has 0 bridgehead atoms. The van der Waals surface area contributed by atoms with Crippen LogP contribution in [0.3, 0.4) is 0 Å². The smallest absolute Gasteiger partial charge is 0.247 e. The first-order valence-electron chi connectivity index (χ1n) is 54.1. The van der Waals surface area contributed by atoms with Crippen molar-refractivity contribution in [1.29, 1.82) is 0 Å². The van der Waals surface area contributed by atoms with Crippen LogP contribution in [0.25, 0.3) is 66.1 Å². The van der Waals surface area contributed by atoms with Crippen molar-refractivity contribution in [2.75, 3.05) is 19.6 Å². The van der Waals surface area contributed by atoms with Crippen LogP contribution in [-0.4, -0.2) is 22.6 Å². The van der Waals surface area contributed by atoms with Crippen LogP contribution in [0.2, 0.25) is 0 Å². The van der Waals surface area contributed by atoms with Crippen LogP contribution in [-0.2, 0) is 48.7 Å². The molecule has 0 amide bonds. The van der Waals surface area contributed by atoms with Crippen molar-refractivity contribution < 1.29 is 0 Å². The second-order valence-corrected chi connectivity index (χ2v) is 50.3. The van der Waals surface area contributed by atoms with Gasteiger partial charge in [0.15, 0.2) is 0 Å². The van der Waals surface area contributed by atoms with Gasteiger partial charge in [-0.2, -0.15) is 0 Å². The number of anilines is 12. The molecule has 0 saturated heterocycles. The van der Waals surface area contributed by atoms with Crippen LogP contribution in [0.4, 0.5) is 68.2 Å². The lowest BCUT2D eigenvalue weighted by atomic mass is 9.29. The second-order valence-electron chi connectivity index (χ2n) is 50.3. The van der Waals surface area contributed by atoms with Crippen LogP contribution in [0, 0.1) is 0 Å².